The first kappa shape index (κ1) is 18.2. The van der Waals surface area contributed by atoms with Gasteiger partial charge in [-0.05, 0) is 25.0 Å². The van der Waals surface area contributed by atoms with Gasteiger partial charge in [-0.1, -0.05) is 18.2 Å². The third kappa shape index (κ3) is 3.96. The molecule has 1 aliphatic heterocycles. The van der Waals surface area contributed by atoms with Gasteiger partial charge in [0.1, 0.15) is 17.4 Å². The van der Waals surface area contributed by atoms with Gasteiger partial charge in [-0.2, -0.15) is 0 Å². The Morgan fingerprint density at radius 2 is 2.12 bits per heavy atom. The molecule has 2 amide bonds. The van der Waals surface area contributed by atoms with Crippen LogP contribution in [0.1, 0.15) is 29.0 Å². The summed E-state index contributed by atoms with van der Waals surface area (Å²) in [6, 6.07) is 9.26. The molecule has 8 heteroatoms. The monoisotopic (exact) mass is 372 g/mol. The number of thioether (sulfide) groups is 1. The maximum Gasteiger partial charge on any atom is 0.263 e. The summed E-state index contributed by atoms with van der Waals surface area (Å²) < 4.78 is 0. The molecule has 0 saturated carbocycles. The van der Waals surface area contributed by atoms with Gasteiger partial charge in [-0.25, -0.2) is 4.98 Å². The predicted octanol–water partition coefficient (Wildman–Crippen LogP) is 1.41. The van der Waals surface area contributed by atoms with E-state index in [0.717, 1.165) is 11.3 Å². The van der Waals surface area contributed by atoms with Crippen molar-refractivity contribution in [3.63, 3.8) is 0 Å². The summed E-state index contributed by atoms with van der Waals surface area (Å²) in [5.74, 6) is 0.339. The summed E-state index contributed by atoms with van der Waals surface area (Å²) in [6.45, 7) is 0.460. The van der Waals surface area contributed by atoms with E-state index in [2.05, 4.69) is 15.3 Å². The first-order chi connectivity index (χ1) is 12.6. The maximum atomic E-state index is 12.7. The van der Waals surface area contributed by atoms with Crippen LogP contribution in [0.4, 0.5) is 0 Å². The van der Waals surface area contributed by atoms with E-state index in [0.29, 0.717) is 24.5 Å². The second-order valence-electron chi connectivity index (χ2n) is 5.95. The number of nitrogens with zero attached hydrogens (tertiary/aromatic N) is 2. The molecule has 2 N–H and O–H groups in total. The molecule has 1 aliphatic rings. The van der Waals surface area contributed by atoms with Crippen LogP contribution < -0.4 is 10.9 Å². The standard InChI is InChI=1S/C18H20N4O3S/c1-19-17(24)14-8-5-9-22(14)18(25)13-10-20-15(21-16(13)23)11-26-12-6-3-2-4-7-12/h2-4,6-7,10,14H,5,8-9,11H2,1H3,(H,19,24)(H,20,21,23)/t14-/m1/s1. The van der Waals surface area contributed by atoms with E-state index in [1.54, 1.807) is 11.8 Å². The highest BCUT2D eigenvalue weighted by Crippen LogP contribution is 2.21. The summed E-state index contributed by atoms with van der Waals surface area (Å²) in [5.41, 5.74) is -0.509. The Morgan fingerprint density at radius 3 is 2.81 bits per heavy atom. The summed E-state index contributed by atoms with van der Waals surface area (Å²) in [4.78, 5) is 46.3. The minimum absolute atomic E-state index is 0.0331. The van der Waals surface area contributed by atoms with Crippen molar-refractivity contribution in [3.05, 3.63) is 58.3 Å². The molecule has 0 spiro atoms. The molecular formula is C18H20N4O3S. The molecule has 3 rings (SSSR count). The van der Waals surface area contributed by atoms with Crippen molar-refractivity contribution in [1.29, 1.82) is 0 Å². The van der Waals surface area contributed by atoms with Gasteiger partial charge in [0.05, 0.1) is 5.75 Å². The number of aromatic nitrogens is 2. The third-order valence-electron chi connectivity index (χ3n) is 4.26. The lowest BCUT2D eigenvalue weighted by Crippen LogP contribution is -2.46. The van der Waals surface area contributed by atoms with Gasteiger partial charge >= 0.3 is 0 Å². The van der Waals surface area contributed by atoms with Crippen molar-refractivity contribution in [2.45, 2.75) is 29.5 Å². The van der Waals surface area contributed by atoms with Crippen LogP contribution in [0.5, 0.6) is 0 Å². The smallest absolute Gasteiger partial charge is 0.263 e. The number of likely N-dealkylation sites (N-methyl/N-ethyl adjacent to an activating group) is 1. The van der Waals surface area contributed by atoms with E-state index in [-0.39, 0.29) is 11.5 Å². The van der Waals surface area contributed by atoms with Gasteiger partial charge in [0.15, 0.2) is 0 Å². The number of hydrogen-bond donors (Lipinski definition) is 2. The Morgan fingerprint density at radius 1 is 1.35 bits per heavy atom. The molecule has 1 saturated heterocycles. The Balaban J connectivity index is 1.72. The SMILES string of the molecule is CNC(=O)[C@H]1CCCN1C(=O)c1cnc(CSc2ccccc2)[nH]c1=O. The molecule has 2 heterocycles. The van der Waals surface area contributed by atoms with E-state index in [1.165, 1.54) is 18.1 Å². The molecule has 1 atom stereocenters. The zero-order chi connectivity index (χ0) is 18.5. The zero-order valence-corrected chi connectivity index (χ0v) is 15.2. The topological polar surface area (TPSA) is 95.2 Å². The maximum absolute atomic E-state index is 12.7. The number of rotatable bonds is 5. The van der Waals surface area contributed by atoms with Crippen molar-refractivity contribution in [2.24, 2.45) is 0 Å². The van der Waals surface area contributed by atoms with Crippen molar-refractivity contribution >= 4 is 23.6 Å². The van der Waals surface area contributed by atoms with Crippen molar-refractivity contribution in [3.8, 4) is 0 Å². The summed E-state index contributed by atoms with van der Waals surface area (Å²) >= 11 is 1.55. The predicted molar refractivity (Wildman–Crippen MR) is 99.0 cm³/mol. The number of carbonyl (C=O) groups excluding carboxylic acids is 2. The second-order valence-corrected chi connectivity index (χ2v) is 6.99. The number of benzene rings is 1. The van der Waals surface area contributed by atoms with Crippen LogP contribution in [0.2, 0.25) is 0 Å². The normalized spacial score (nSPS) is 16.5. The van der Waals surface area contributed by atoms with Gasteiger partial charge in [0, 0.05) is 24.7 Å². The van der Waals surface area contributed by atoms with Crippen LogP contribution in [0.15, 0.2) is 46.2 Å². The zero-order valence-electron chi connectivity index (χ0n) is 14.4. The summed E-state index contributed by atoms with van der Waals surface area (Å²) in [7, 11) is 1.54. The molecule has 0 radical (unpaired) electrons. The largest absolute Gasteiger partial charge is 0.357 e. The Labute approximate surface area is 155 Å². The van der Waals surface area contributed by atoms with Crippen LogP contribution in [0.3, 0.4) is 0 Å². The Hall–Kier alpha value is -2.61. The van der Waals surface area contributed by atoms with Crippen LogP contribution >= 0.6 is 11.8 Å². The summed E-state index contributed by atoms with van der Waals surface area (Å²) in [6.07, 6.45) is 2.64. The highest BCUT2D eigenvalue weighted by atomic mass is 32.2. The fraction of sp³-hybridized carbons (Fsp3) is 0.333. The quantitative estimate of drug-likeness (QED) is 0.774. The lowest BCUT2D eigenvalue weighted by atomic mass is 10.2. The highest BCUT2D eigenvalue weighted by Gasteiger charge is 2.35. The first-order valence-electron chi connectivity index (χ1n) is 8.38. The number of nitrogens with one attached hydrogen (secondary N) is 2. The van der Waals surface area contributed by atoms with Gasteiger partial charge in [-0.3, -0.25) is 14.4 Å². The average Bonchev–Trinajstić information content (AvgIpc) is 3.16. The molecule has 136 valence electrons. The first-order valence-corrected chi connectivity index (χ1v) is 9.37. The van der Waals surface area contributed by atoms with Gasteiger partial charge in [-0.15, -0.1) is 11.8 Å². The molecule has 2 aromatic rings. The van der Waals surface area contributed by atoms with Gasteiger partial charge in [0.25, 0.3) is 11.5 Å². The lowest BCUT2D eigenvalue weighted by Gasteiger charge is -2.22. The molecule has 0 aliphatic carbocycles. The number of amides is 2. The Bertz CT molecular complexity index is 853. The molecule has 7 nitrogen and oxygen atoms in total. The van der Waals surface area contributed by atoms with Crippen LogP contribution in [-0.4, -0.2) is 46.3 Å². The van der Waals surface area contributed by atoms with Crippen molar-refractivity contribution in [1.82, 2.24) is 20.2 Å². The van der Waals surface area contributed by atoms with E-state index < -0.39 is 17.5 Å². The minimum atomic E-state index is -0.528. The van der Waals surface area contributed by atoms with E-state index in [9.17, 15) is 14.4 Å². The highest BCUT2D eigenvalue weighted by molar-refractivity contribution is 7.98. The molecule has 0 unspecified atom stereocenters. The van der Waals surface area contributed by atoms with Crippen molar-refractivity contribution < 1.29 is 9.59 Å². The Kier molecular flexibility index (Phi) is 5.72. The third-order valence-corrected chi connectivity index (χ3v) is 5.29. The molecular weight excluding hydrogens is 352 g/mol. The van der Waals surface area contributed by atoms with Crippen LogP contribution in [0.25, 0.3) is 0 Å². The number of hydrogen-bond acceptors (Lipinski definition) is 5. The molecule has 1 fully saturated rings. The molecule has 26 heavy (non-hydrogen) atoms. The molecule has 1 aromatic heterocycles. The second kappa shape index (κ2) is 8.18. The average molecular weight is 372 g/mol. The number of carbonyl (C=O) groups is 2. The fourth-order valence-electron chi connectivity index (χ4n) is 2.93. The number of likely N-dealkylation sites (tertiary alicyclic amines) is 1. The fourth-order valence-corrected chi connectivity index (χ4v) is 3.73. The lowest BCUT2D eigenvalue weighted by molar-refractivity contribution is -0.124. The van der Waals surface area contributed by atoms with Crippen molar-refractivity contribution in [2.75, 3.05) is 13.6 Å². The van der Waals surface area contributed by atoms with E-state index in [4.69, 9.17) is 0 Å². The number of H-pyrrole nitrogens is 1. The molecule has 1 aromatic carbocycles. The van der Waals surface area contributed by atoms with E-state index in [1.807, 2.05) is 30.3 Å². The van der Waals surface area contributed by atoms with E-state index >= 15 is 0 Å². The number of aromatic amines is 1. The van der Waals surface area contributed by atoms with Crippen LogP contribution in [-0.2, 0) is 10.5 Å². The minimum Gasteiger partial charge on any atom is -0.357 e. The van der Waals surface area contributed by atoms with Gasteiger partial charge in [0.2, 0.25) is 5.91 Å². The van der Waals surface area contributed by atoms with Gasteiger partial charge < -0.3 is 15.2 Å². The molecule has 0 bridgehead atoms. The summed E-state index contributed by atoms with van der Waals surface area (Å²) in [5, 5.41) is 2.56. The van der Waals surface area contributed by atoms with Crippen LogP contribution in [0, 0.1) is 0 Å².